The highest BCUT2D eigenvalue weighted by Gasteiger charge is 2.64. The molecule has 0 spiro atoms. The molecule has 1 aliphatic carbocycles. The lowest BCUT2D eigenvalue weighted by Crippen LogP contribution is -2.25. The first-order chi connectivity index (χ1) is 8.82. The predicted molar refractivity (Wildman–Crippen MR) is 74.9 cm³/mol. The first-order valence-electron chi connectivity index (χ1n) is 6.47. The van der Waals surface area contributed by atoms with Gasteiger partial charge in [0.15, 0.2) is 5.84 Å². The van der Waals surface area contributed by atoms with Gasteiger partial charge in [-0.25, -0.2) is 0 Å². The molecule has 104 valence electrons. The maximum atomic E-state index is 8.77. The Kier molecular flexibility index (Phi) is 3.26. The number of nitrogens with one attached hydrogen (secondary N) is 1. The van der Waals surface area contributed by atoms with Gasteiger partial charge in [0, 0.05) is 18.8 Å². The number of aromatic nitrogens is 1. The number of oxime groups is 1. The number of pyridine rings is 1. The number of hydrogen-bond donors (Lipinski definition) is 3. The van der Waals surface area contributed by atoms with Crippen LogP contribution in [0.25, 0.3) is 0 Å². The molecule has 5 heteroatoms. The molecule has 0 radical (unpaired) electrons. The van der Waals surface area contributed by atoms with Crippen LogP contribution >= 0.6 is 0 Å². The third-order valence-corrected chi connectivity index (χ3v) is 4.76. The average Bonchev–Trinajstić information content (AvgIpc) is 2.76. The van der Waals surface area contributed by atoms with E-state index < -0.39 is 0 Å². The quantitative estimate of drug-likeness (QED) is 0.334. The Morgan fingerprint density at radius 1 is 1.42 bits per heavy atom. The summed E-state index contributed by atoms with van der Waals surface area (Å²) in [6.07, 6.45) is 1.64. The second-order valence-corrected chi connectivity index (χ2v) is 6.25. The van der Waals surface area contributed by atoms with Crippen molar-refractivity contribution in [3.05, 3.63) is 29.6 Å². The molecule has 0 saturated heterocycles. The molecule has 0 aromatic carbocycles. The van der Waals surface area contributed by atoms with Crippen LogP contribution in [-0.4, -0.2) is 22.1 Å². The van der Waals surface area contributed by atoms with Crippen LogP contribution in [0.15, 0.2) is 23.5 Å². The highest BCUT2D eigenvalue weighted by atomic mass is 16.4. The highest BCUT2D eigenvalue weighted by molar-refractivity contribution is 5.96. The lowest BCUT2D eigenvalue weighted by Gasteiger charge is -2.09. The second kappa shape index (κ2) is 4.49. The van der Waals surface area contributed by atoms with Gasteiger partial charge in [0.25, 0.3) is 0 Å². The zero-order valence-corrected chi connectivity index (χ0v) is 11.9. The summed E-state index contributed by atoms with van der Waals surface area (Å²) in [6.45, 7) is 9.71. The lowest BCUT2D eigenvalue weighted by molar-refractivity contribution is 0.318. The van der Waals surface area contributed by atoms with E-state index in [2.05, 4.69) is 43.2 Å². The van der Waals surface area contributed by atoms with Crippen LogP contribution < -0.4 is 11.1 Å². The summed E-state index contributed by atoms with van der Waals surface area (Å²) in [7, 11) is 0. The molecule has 0 bridgehead atoms. The van der Waals surface area contributed by atoms with Crippen molar-refractivity contribution in [1.29, 1.82) is 0 Å². The van der Waals surface area contributed by atoms with Gasteiger partial charge in [0.05, 0.1) is 0 Å². The molecule has 0 amide bonds. The normalized spacial score (nSPS) is 21.4. The lowest BCUT2D eigenvalue weighted by atomic mass is 10.0. The zero-order valence-electron chi connectivity index (χ0n) is 11.9. The van der Waals surface area contributed by atoms with E-state index in [4.69, 9.17) is 10.9 Å². The number of rotatable bonds is 4. The molecule has 19 heavy (non-hydrogen) atoms. The van der Waals surface area contributed by atoms with E-state index in [1.807, 2.05) is 12.1 Å². The number of hydrogen-bond acceptors (Lipinski definition) is 4. The predicted octanol–water partition coefficient (Wildman–Crippen LogP) is 1.70. The van der Waals surface area contributed by atoms with E-state index >= 15 is 0 Å². The van der Waals surface area contributed by atoms with Crippen LogP contribution in [0.4, 0.5) is 0 Å². The summed E-state index contributed by atoms with van der Waals surface area (Å²) in [5, 5.41) is 15.3. The van der Waals surface area contributed by atoms with Gasteiger partial charge in [0.1, 0.15) is 5.69 Å². The van der Waals surface area contributed by atoms with Crippen LogP contribution in [0.3, 0.4) is 0 Å². The van der Waals surface area contributed by atoms with Crippen molar-refractivity contribution >= 4 is 5.84 Å². The molecule has 0 aliphatic heterocycles. The molecular formula is C14H22N4O. The third-order valence-electron chi connectivity index (χ3n) is 4.76. The summed E-state index contributed by atoms with van der Waals surface area (Å²) in [4.78, 5) is 4.16. The fourth-order valence-electron chi connectivity index (χ4n) is 2.78. The van der Waals surface area contributed by atoms with Gasteiger partial charge >= 0.3 is 0 Å². The fraction of sp³-hybridized carbons (Fsp3) is 0.571. The van der Waals surface area contributed by atoms with Crippen molar-refractivity contribution in [1.82, 2.24) is 10.3 Å². The van der Waals surface area contributed by atoms with Crippen molar-refractivity contribution in [2.24, 2.45) is 21.7 Å². The molecule has 0 unspecified atom stereocenters. The van der Waals surface area contributed by atoms with E-state index in [1.54, 1.807) is 6.20 Å². The smallest absolute Gasteiger partial charge is 0.189 e. The van der Waals surface area contributed by atoms with Crippen molar-refractivity contribution in [2.75, 3.05) is 0 Å². The molecule has 1 fully saturated rings. The van der Waals surface area contributed by atoms with Crippen LogP contribution in [0.5, 0.6) is 0 Å². The Labute approximate surface area is 113 Å². The topological polar surface area (TPSA) is 83.5 Å². The van der Waals surface area contributed by atoms with Crippen LogP contribution in [0.2, 0.25) is 0 Å². The zero-order chi connectivity index (χ0) is 14.3. The molecule has 5 nitrogen and oxygen atoms in total. The maximum Gasteiger partial charge on any atom is 0.189 e. The molecule has 1 aromatic rings. The summed E-state index contributed by atoms with van der Waals surface area (Å²) < 4.78 is 0. The van der Waals surface area contributed by atoms with Gasteiger partial charge in [-0.3, -0.25) is 4.98 Å². The SMILES string of the molecule is CC1(C)C(NCc2cccnc2C(N)=NO)C1(C)C. The summed E-state index contributed by atoms with van der Waals surface area (Å²) >= 11 is 0. The standard InChI is InChI=1S/C14H22N4O/c1-13(2)12(14(13,3)4)17-8-9-6-5-7-16-10(9)11(15)18-19/h5-7,12,17,19H,8H2,1-4H3,(H2,15,18). The Morgan fingerprint density at radius 2 is 2.05 bits per heavy atom. The van der Waals surface area contributed by atoms with E-state index in [9.17, 15) is 0 Å². The van der Waals surface area contributed by atoms with E-state index in [0.29, 0.717) is 18.3 Å². The third kappa shape index (κ3) is 2.18. The summed E-state index contributed by atoms with van der Waals surface area (Å²) in [5.41, 5.74) is 7.68. The summed E-state index contributed by atoms with van der Waals surface area (Å²) in [5.74, 6) is 0.0479. The van der Waals surface area contributed by atoms with Gasteiger partial charge < -0.3 is 16.3 Å². The Bertz CT molecular complexity index is 494. The minimum atomic E-state index is 0.0479. The molecule has 2 rings (SSSR count). The monoisotopic (exact) mass is 262 g/mol. The molecular weight excluding hydrogens is 240 g/mol. The second-order valence-electron chi connectivity index (χ2n) is 6.25. The average molecular weight is 262 g/mol. The first-order valence-corrected chi connectivity index (χ1v) is 6.47. The minimum absolute atomic E-state index is 0.0479. The summed E-state index contributed by atoms with van der Waals surface area (Å²) in [6, 6.07) is 4.25. The Morgan fingerprint density at radius 3 is 2.58 bits per heavy atom. The van der Waals surface area contributed by atoms with Crippen molar-refractivity contribution < 1.29 is 5.21 Å². The van der Waals surface area contributed by atoms with Crippen molar-refractivity contribution in [3.8, 4) is 0 Å². The number of nitrogens with zero attached hydrogens (tertiary/aromatic N) is 2. The number of nitrogens with two attached hydrogens (primary N) is 1. The van der Waals surface area contributed by atoms with Crippen LogP contribution in [0.1, 0.15) is 39.0 Å². The largest absolute Gasteiger partial charge is 0.409 e. The molecule has 1 aromatic heterocycles. The number of amidine groups is 1. The minimum Gasteiger partial charge on any atom is -0.409 e. The van der Waals surface area contributed by atoms with E-state index in [0.717, 1.165) is 5.56 Å². The Balaban J connectivity index is 2.10. The van der Waals surface area contributed by atoms with E-state index in [1.165, 1.54) is 0 Å². The van der Waals surface area contributed by atoms with Gasteiger partial charge in [-0.05, 0) is 22.5 Å². The fourth-order valence-corrected chi connectivity index (χ4v) is 2.78. The molecule has 4 N–H and O–H groups in total. The van der Waals surface area contributed by atoms with Gasteiger partial charge in [-0.15, -0.1) is 0 Å². The van der Waals surface area contributed by atoms with E-state index in [-0.39, 0.29) is 16.7 Å². The molecule has 1 heterocycles. The van der Waals surface area contributed by atoms with Crippen LogP contribution in [0, 0.1) is 10.8 Å². The highest BCUT2D eigenvalue weighted by Crippen LogP contribution is 2.62. The molecule has 1 aliphatic rings. The van der Waals surface area contributed by atoms with Gasteiger partial charge in [-0.2, -0.15) is 0 Å². The molecule has 0 atom stereocenters. The van der Waals surface area contributed by atoms with Gasteiger partial charge in [-0.1, -0.05) is 38.9 Å². The van der Waals surface area contributed by atoms with Crippen molar-refractivity contribution in [3.63, 3.8) is 0 Å². The van der Waals surface area contributed by atoms with Gasteiger partial charge in [0.2, 0.25) is 0 Å². The molecule has 1 saturated carbocycles. The van der Waals surface area contributed by atoms with Crippen molar-refractivity contribution in [2.45, 2.75) is 40.3 Å². The maximum absolute atomic E-state index is 8.77. The van der Waals surface area contributed by atoms with Crippen LogP contribution in [-0.2, 0) is 6.54 Å². The first kappa shape index (κ1) is 13.8. The Hall–Kier alpha value is -1.62.